The molecule has 0 heterocycles. The Morgan fingerprint density at radius 3 is 2.53 bits per heavy atom. The molecule has 1 aromatic rings. The summed E-state index contributed by atoms with van der Waals surface area (Å²) < 4.78 is 13.6. The lowest BCUT2D eigenvalue weighted by Crippen LogP contribution is -2.52. The Morgan fingerprint density at radius 2 is 1.95 bits per heavy atom. The molecular weight excluding hydrogens is 267 g/mol. The molecule has 1 fully saturated rings. The number of amides is 1. The van der Waals surface area contributed by atoms with Gasteiger partial charge in [0.25, 0.3) is 0 Å². The third-order valence-corrected chi connectivity index (χ3v) is 3.57. The van der Waals surface area contributed by atoms with Crippen LogP contribution in [0, 0.1) is 12.7 Å². The van der Waals surface area contributed by atoms with Crippen molar-refractivity contribution < 1.29 is 9.18 Å². The number of nitrogens with one attached hydrogen (secondary N) is 1. The number of carbonyl (C=O) groups excluding carboxylic acids is 1. The standard InChI is InChI=1S/C14H19FN2O.ClH/c1-10-5-6-12(11(15)9-10)17-13(18)14(16)7-3-2-4-8-14;/h5-6,9H,2-4,7-8,16H2,1H3,(H,17,18);1H. The van der Waals surface area contributed by atoms with E-state index in [1.807, 2.05) is 0 Å². The molecule has 0 spiro atoms. The van der Waals surface area contributed by atoms with Gasteiger partial charge >= 0.3 is 0 Å². The summed E-state index contributed by atoms with van der Waals surface area (Å²) in [5.74, 6) is -0.687. The zero-order valence-electron chi connectivity index (χ0n) is 11.0. The number of anilines is 1. The van der Waals surface area contributed by atoms with E-state index in [0.29, 0.717) is 12.8 Å². The van der Waals surface area contributed by atoms with Crippen LogP contribution in [0.3, 0.4) is 0 Å². The smallest absolute Gasteiger partial charge is 0.244 e. The molecule has 0 bridgehead atoms. The number of nitrogens with two attached hydrogens (primary N) is 1. The van der Waals surface area contributed by atoms with E-state index in [2.05, 4.69) is 5.32 Å². The highest BCUT2D eigenvalue weighted by atomic mass is 35.5. The summed E-state index contributed by atoms with van der Waals surface area (Å²) in [6.07, 6.45) is 4.38. The Balaban J connectivity index is 0.00000180. The van der Waals surface area contributed by atoms with E-state index in [-0.39, 0.29) is 24.0 Å². The van der Waals surface area contributed by atoms with Crippen LogP contribution in [0.1, 0.15) is 37.7 Å². The summed E-state index contributed by atoms with van der Waals surface area (Å²) in [6.45, 7) is 1.81. The second-order valence-corrected chi connectivity index (χ2v) is 5.15. The van der Waals surface area contributed by atoms with Crippen molar-refractivity contribution >= 4 is 24.0 Å². The van der Waals surface area contributed by atoms with Gasteiger partial charge in [-0.2, -0.15) is 0 Å². The van der Waals surface area contributed by atoms with Crippen molar-refractivity contribution in [3.05, 3.63) is 29.6 Å². The number of rotatable bonds is 2. The van der Waals surface area contributed by atoms with Crippen LogP contribution in [0.15, 0.2) is 18.2 Å². The fraction of sp³-hybridized carbons (Fsp3) is 0.500. The molecule has 1 amide bonds. The van der Waals surface area contributed by atoms with Crippen LogP contribution in [0.4, 0.5) is 10.1 Å². The van der Waals surface area contributed by atoms with Gasteiger partial charge in [-0.1, -0.05) is 25.3 Å². The molecule has 0 atom stereocenters. The van der Waals surface area contributed by atoms with Gasteiger partial charge in [-0.25, -0.2) is 4.39 Å². The molecule has 3 nitrogen and oxygen atoms in total. The molecule has 106 valence electrons. The average Bonchev–Trinajstić information content (AvgIpc) is 2.33. The zero-order chi connectivity index (χ0) is 13.2. The van der Waals surface area contributed by atoms with Gasteiger partial charge in [0.05, 0.1) is 11.2 Å². The molecule has 2 rings (SSSR count). The summed E-state index contributed by atoms with van der Waals surface area (Å²) in [4.78, 5) is 12.1. The molecule has 5 heteroatoms. The van der Waals surface area contributed by atoms with E-state index < -0.39 is 11.4 Å². The van der Waals surface area contributed by atoms with Crippen molar-refractivity contribution in [1.82, 2.24) is 0 Å². The van der Waals surface area contributed by atoms with Crippen LogP contribution < -0.4 is 11.1 Å². The molecule has 1 saturated carbocycles. The van der Waals surface area contributed by atoms with Gasteiger partial charge in [-0.15, -0.1) is 12.4 Å². The second-order valence-electron chi connectivity index (χ2n) is 5.15. The fourth-order valence-corrected chi connectivity index (χ4v) is 2.38. The molecule has 0 saturated heterocycles. The summed E-state index contributed by atoms with van der Waals surface area (Å²) in [7, 11) is 0. The van der Waals surface area contributed by atoms with E-state index in [9.17, 15) is 9.18 Å². The zero-order valence-corrected chi connectivity index (χ0v) is 11.9. The summed E-state index contributed by atoms with van der Waals surface area (Å²) >= 11 is 0. The van der Waals surface area contributed by atoms with E-state index in [1.54, 1.807) is 19.1 Å². The van der Waals surface area contributed by atoms with Crippen molar-refractivity contribution in [2.24, 2.45) is 5.73 Å². The molecule has 1 aliphatic carbocycles. The normalized spacial score (nSPS) is 17.4. The van der Waals surface area contributed by atoms with Gasteiger partial charge in [0, 0.05) is 0 Å². The highest BCUT2D eigenvalue weighted by molar-refractivity contribution is 5.98. The SMILES string of the molecule is Cc1ccc(NC(=O)C2(N)CCCCC2)c(F)c1.Cl. The average molecular weight is 287 g/mol. The maximum absolute atomic E-state index is 13.6. The quantitative estimate of drug-likeness (QED) is 0.877. The van der Waals surface area contributed by atoms with E-state index >= 15 is 0 Å². The first-order valence-electron chi connectivity index (χ1n) is 6.38. The number of hydrogen-bond donors (Lipinski definition) is 2. The highest BCUT2D eigenvalue weighted by Gasteiger charge is 2.35. The van der Waals surface area contributed by atoms with E-state index in [0.717, 1.165) is 24.8 Å². The van der Waals surface area contributed by atoms with Crippen LogP contribution in [0.5, 0.6) is 0 Å². The molecule has 0 aromatic heterocycles. The van der Waals surface area contributed by atoms with E-state index in [1.165, 1.54) is 6.07 Å². The highest BCUT2D eigenvalue weighted by Crippen LogP contribution is 2.27. The van der Waals surface area contributed by atoms with Crippen molar-refractivity contribution in [1.29, 1.82) is 0 Å². The Labute approximate surface area is 119 Å². The van der Waals surface area contributed by atoms with Crippen LogP contribution in [-0.4, -0.2) is 11.4 Å². The predicted octanol–water partition coefficient (Wildman–Crippen LogP) is 3.16. The molecule has 0 aliphatic heterocycles. The van der Waals surface area contributed by atoms with Gasteiger partial charge in [0.2, 0.25) is 5.91 Å². The third kappa shape index (κ3) is 3.67. The van der Waals surface area contributed by atoms with Crippen molar-refractivity contribution in [2.75, 3.05) is 5.32 Å². The van der Waals surface area contributed by atoms with Crippen molar-refractivity contribution in [3.8, 4) is 0 Å². The van der Waals surface area contributed by atoms with E-state index in [4.69, 9.17) is 5.73 Å². The summed E-state index contributed by atoms with van der Waals surface area (Å²) in [5.41, 5.74) is 6.29. The van der Waals surface area contributed by atoms with Gasteiger partial charge < -0.3 is 11.1 Å². The molecule has 0 unspecified atom stereocenters. The van der Waals surface area contributed by atoms with Gasteiger partial charge in [-0.05, 0) is 37.5 Å². The Kier molecular flexibility index (Phi) is 5.32. The molecule has 1 aromatic carbocycles. The Morgan fingerprint density at radius 1 is 1.32 bits per heavy atom. The van der Waals surface area contributed by atoms with Gasteiger partial charge in [-0.3, -0.25) is 4.79 Å². The molecule has 1 aliphatic rings. The number of benzene rings is 1. The molecular formula is C14H20ClFN2O. The fourth-order valence-electron chi connectivity index (χ4n) is 2.38. The van der Waals surface area contributed by atoms with Gasteiger partial charge in [0.1, 0.15) is 5.82 Å². The third-order valence-electron chi connectivity index (χ3n) is 3.57. The summed E-state index contributed by atoms with van der Waals surface area (Å²) in [6, 6.07) is 4.75. The minimum Gasteiger partial charge on any atom is -0.322 e. The second kappa shape index (κ2) is 6.35. The Hall–Kier alpha value is -1.13. The van der Waals surface area contributed by atoms with Crippen molar-refractivity contribution in [2.45, 2.75) is 44.6 Å². The maximum Gasteiger partial charge on any atom is 0.244 e. The first-order valence-corrected chi connectivity index (χ1v) is 6.38. The topological polar surface area (TPSA) is 55.1 Å². The number of carbonyl (C=O) groups is 1. The van der Waals surface area contributed by atoms with Crippen LogP contribution in [-0.2, 0) is 4.79 Å². The molecule has 3 N–H and O–H groups in total. The number of hydrogen-bond acceptors (Lipinski definition) is 2. The number of aryl methyl sites for hydroxylation is 1. The predicted molar refractivity (Wildman–Crippen MR) is 77.0 cm³/mol. The van der Waals surface area contributed by atoms with Crippen LogP contribution >= 0.6 is 12.4 Å². The molecule has 0 radical (unpaired) electrons. The minimum absolute atomic E-state index is 0. The maximum atomic E-state index is 13.6. The van der Waals surface area contributed by atoms with Crippen LogP contribution in [0.2, 0.25) is 0 Å². The Bertz CT molecular complexity index is 459. The first kappa shape index (κ1) is 15.9. The van der Waals surface area contributed by atoms with Gasteiger partial charge in [0.15, 0.2) is 0 Å². The lowest BCUT2D eigenvalue weighted by atomic mass is 9.82. The largest absolute Gasteiger partial charge is 0.322 e. The lowest BCUT2D eigenvalue weighted by molar-refractivity contribution is -0.122. The number of halogens is 2. The molecule has 19 heavy (non-hydrogen) atoms. The monoisotopic (exact) mass is 286 g/mol. The van der Waals surface area contributed by atoms with Crippen LogP contribution in [0.25, 0.3) is 0 Å². The minimum atomic E-state index is -0.838. The lowest BCUT2D eigenvalue weighted by Gasteiger charge is -2.31. The first-order chi connectivity index (χ1) is 8.51. The van der Waals surface area contributed by atoms with Crippen molar-refractivity contribution in [3.63, 3.8) is 0 Å². The summed E-state index contributed by atoms with van der Waals surface area (Å²) in [5, 5.41) is 2.61.